The molecule has 116 valence electrons. The van der Waals surface area contributed by atoms with Gasteiger partial charge in [0.25, 0.3) is 0 Å². The predicted molar refractivity (Wildman–Crippen MR) is 61.1 cm³/mol. The quantitative estimate of drug-likeness (QED) is 0.619. The highest BCUT2D eigenvalue weighted by molar-refractivity contribution is 5.17. The highest BCUT2D eigenvalue weighted by Crippen LogP contribution is 2.55. The Balaban J connectivity index is 2.32. The molecule has 2 aliphatic rings. The Hall–Kier alpha value is -0.690. The Morgan fingerprint density at radius 2 is 1.75 bits per heavy atom. The molecule has 1 saturated carbocycles. The number of rotatable bonds is 4. The van der Waals surface area contributed by atoms with E-state index < -0.39 is 36.1 Å². The Labute approximate surface area is 113 Å². The molecule has 5 unspecified atom stereocenters. The minimum atomic E-state index is -5.47. The number of aliphatic hydroxyl groups excluding tert-OH is 1. The molecule has 2 N–H and O–H groups in total. The van der Waals surface area contributed by atoms with Crippen molar-refractivity contribution < 1.29 is 32.2 Å². The fourth-order valence-corrected chi connectivity index (χ4v) is 3.52. The van der Waals surface area contributed by atoms with E-state index in [1.54, 1.807) is 6.08 Å². The molecule has 5 atom stereocenters. The number of alkyl halides is 5. The molecular formula is C13H17F5O2. The van der Waals surface area contributed by atoms with E-state index in [9.17, 15) is 27.1 Å². The summed E-state index contributed by atoms with van der Waals surface area (Å²) in [6, 6.07) is 0. The van der Waals surface area contributed by atoms with E-state index in [0.717, 1.165) is 0 Å². The van der Waals surface area contributed by atoms with Crippen LogP contribution in [0.4, 0.5) is 22.0 Å². The molecule has 0 radical (unpaired) electrons. The molecule has 0 aliphatic heterocycles. The van der Waals surface area contributed by atoms with E-state index >= 15 is 0 Å². The summed E-state index contributed by atoms with van der Waals surface area (Å²) in [5.74, 6) is -5.92. The van der Waals surface area contributed by atoms with Crippen LogP contribution in [0, 0.1) is 17.8 Å². The van der Waals surface area contributed by atoms with E-state index in [-0.39, 0.29) is 18.3 Å². The van der Waals surface area contributed by atoms with Crippen molar-refractivity contribution in [1.82, 2.24) is 0 Å². The summed E-state index contributed by atoms with van der Waals surface area (Å²) in [5.41, 5.74) is -2.86. The number of hydrogen-bond donors (Lipinski definition) is 2. The number of allylic oxidation sites excluding steroid dienone is 2. The third-order valence-corrected chi connectivity index (χ3v) is 4.66. The molecule has 0 aromatic rings. The monoisotopic (exact) mass is 300 g/mol. The standard InChI is InChI=1S/C13H17F5O2/c1-2-11(20,9-6-7-3-4-8(9)5-7)12(14,15)10(19)13(16,17)18/h3-4,7-10,19-20H,2,5-6H2,1H3. The van der Waals surface area contributed by atoms with Crippen LogP contribution in [0.25, 0.3) is 0 Å². The molecule has 20 heavy (non-hydrogen) atoms. The zero-order valence-corrected chi connectivity index (χ0v) is 10.9. The Morgan fingerprint density at radius 3 is 2.10 bits per heavy atom. The van der Waals surface area contributed by atoms with Gasteiger partial charge in [-0.2, -0.15) is 13.2 Å². The van der Waals surface area contributed by atoms with Gasteiger partial charge in [0.15, 0.2) is 0 Å². The Kier molecular flexibility index (Phi) is 3.66. The lowest BCUT2D eigenvalue weighted by Gasteiger charge is -2.44. The second-order valence-electron chi connectivity index (χ2n) is 5.73. The molecule has 0 heterocycles. The Morgan fingerprint density at radius 1 is 1.15 bits per heavy atom. The first-order chi connectivity index (χ1) is 9.04. The lowest BCUT2D eigenvalue weighted by atomic mass is 9.71. The predicted octanol–water partition coefficient (Wildman–Crippen LogP) is 2.90. The van der Waals surface area contributed by atoms with Gasteiger partial charge in [0.2, 0.25) is 6.10 Å². The first kappa shape index (κ1) is 15.7. The number of fused-ring (bicyclic) bond motifs is 2. The van der Waals surface area contributed by atoms with Gasteiger partial charge >= 0.3 is 12.1 Å². The van der Waals surface area contributed by atoms with Crippen molar-refractivity contribution in [1.29, 1.82) is 0 Å². The van der Waals surface area contributed by atoms with Crippen LogP contribution in [0.15, 0.2) is 12.2 Å². The molecule has 0 aromatic heterocycles. The third kappa shape index (κ3) is 2.15. The van der Waals surface area contributed by atoms with E-state index in [1.165, 1.54) is 6.92 Å². The summed E-state index contributed by atoms with van der Waals surface area (Å²) in [4.78, 5) is 0. The van der Waals surface area contributed by atoms with Crippen molar-refractivity contribution in [3.63, 3.8) is 0 Å². The molecule has 0 saturated heterocycles. The van der Waals surface area contributed by atoms with Gasteiger partial charge in [0.1, 0.15) is 5.60 Å². The van der Waals surface area contributed by atoms with Gasteiger partial charge in [-0.1, -0.05) is 19.1 Å². The summed E-state index contributed by atoms with van der Waals surface area (Å²) in [6.45, 7) is 1.21. The first-order valence-corrected chi connectivity index (χ1v) is 6.57. The summed E-state index contributed by atoms with van der Waals surface area (Å²) in [6.07, 6.45) is -5.56. The minimum absolute atomic E-state index is 0.0295. The fourth-order valence-electron chi connectivity index (χ4n) is 3.52. The molecule has 1 fully saturated rings. The number of hydrogen-bond acceptors (Lipinski definition) is 2. The molecule has 7 heteroatoms. The van der Waals surface area contributed by atoms with Crippen molar-refractivity contribution in [3.05, 3.63) is 12.2 Å². The lowest BCUT2D eigenvalue weighted by molar-refractivity contribution is -0.325. The molecule has 2 aliphatic carbocycles. The summed E-state index contributed by atoms with van der Waals surface area (Å²) < 4.78 is 65.5. The maximum atomic E-state index is 14.1. The Bertz CT molecular complexity index is 406. The van der Waals surface area contributed by atoms with Crippen LogP contribution >= 0.6 is 0 Å². The van der Waals surface area contributed by atoms with Crippen LogP contribution in [-0.4, -0.2) is 34.0 Å². The fraction of sp³-hybridized carbons (Fsp3) is 0.846. The van der Waals surface area contributed by atoms with E-state index in [1.807, 2.05) is 6.08 Å². The zero-order valence-electron chi connectivity index (χ0n) is 10.9. The van der Waals surface area contributed by atoms with Crippen molar-refractivity contribution in [2.24, 2.45) is 17.8 Å². The van der Waals surface area contributed by atoms with Gasteiger partial charge in [-0.15, -0.1) is 0 Å². The maximum Gasteiger partial charge on any atom is 0.420 e. The molecule has 2 bridgehead atoms. The summed E-state index contributed by atoms with van der Waals surface area (Å²) in [7, 11) is 0. The number of aliphatic hydroxyl groups is 2. The molecule has 0 amide bonds. The van der Waals surface area contributed by atoms with Crippen LogP contribution in [0.5, 0.6) is 0 Å². The second-order valence-corrected chi connectivity index (χ2v) is 5.73. The van der Waals surface area contributed by atoms with Crippen molar-refractivity contribution in [3.8, 4) is 0 Å². The summed E-state index contributed by atoms with van der Waals surface area (Å²) >= 11 is 0. The van der Waals surface area contributed by atoms with Crippen molar-refractivity contribution >= 4 is 0 Å². The van der Waals surface area contributed by atoms with Crippen LogP contribution in [-0.2, 0) is 0 Å². The van der Waals surface area contributed by atoms with Crippen molar-refractivity contribution in [2.45, 2.75) is 50.0 Å². The zero-order chi connectivity index (χ0) is 15.3. The van der Waals surface area contributed by atoms with Crippen LogP contribution in [0.2, 0.25) is 0 Å². The van der Waals surface area contributed by atoms with Crippen LogP contribution < -0.4 is 0 Å². The molecule has 0 spiro atoms. The van der Waals surface area contributed by atoms with Crippen LogP contribution in [0.1, 0.15) is 26.2 Å². The molecule has 2 rings (SSSR count). The average Bonchev–Trinajstić information content (AvgIpc) is 2.97. The number of halogens is 5. The van der Waals surface area contributed by atoms with Gasteiger partial charge < -0.3 is 10.2 Å². The van der Waals surface area contributed by atoms with Gasteiger partial charge in [-0.3, -0.25) is 0 Å². The molecular weight excluding hydrogens is 283 g/mol. The van der Waals surface area contributed by atoms with Gasteiger partial charge in [-0.05, 0) is 31.1 Å². The lowest BCUT2D eigenvalue weighted by Crippen LogP contribution is -2.63. The maximum absolute atomic E-state index is 14.1. The highest BCUT2D eigenvalue weighted by Gasteiger charge is 2.68. The van der Waals surface area contributed by atoms with Gasteiger partial charge in [-0.25, -0.2) is 8.78 Å². The largest absolute Gasteiger partial charge is 0.420 e. The van der Waals surface area contributed by atoms with Crippen LogP contribution in [0.3, 0.4) is 0 Å². The smallest absolute Gasteiger partial charge is 0.383 e. The second kappa shape index (κ2) is 4.66. The van der Waals surface area contributed by atoms with E-state index in [4.69, 9.17) is 5.11 Å². The molecule has 2 nitrogen and oxygen atoms in total. The first-order valence-electron chi connectivity index (χ1n) is 6.57. The average molecular weight is 300 g/mol. The van der Waals surface area contributed by atoms with Crippen molar-refractivity contribution in [2.75, 3.05) is 0 Å². The topological polar surface area (TPSA) is 40.5 Å². The minimum Gasteiger partial charge on any atom is -0.383 e. The normalized spacial score (nSPS) is 34.3. The van der Waals surface area contributed by atoms with E-state index in [2.05, 4.69) is 0 Å². The SMILES string of the molecule is CCC(O)(C1CC2C=CC1C2)C(F)(F)C(O)C(F)(F)F. The van der Waals surface area contributed by atoms with Gasteiger partial charge in [0, 0.05) is 5.92 Å². The highest BCUT2D eigenvalue weighted by atomic mass is 19.4. The van der Waals surface area contributed by atoms with E-state index in [0.29, 0.717) is 6.42 Å². The summed E-state index contributed by atoms with van der Waals surface area (Å²) in [5, 5.41) is 19.2. The van der Waals surface area contributed by atoms with Gasteiger partial charge in [0.05, 0.1) is 0 Å². The molecule has 0 aromatic carbocycles. The third-order valence-electron chi connectivity index (χ3n) is 4.66.